The lowest BCUT2D eigenvalue weighted by atomic mass is 9.79. The van der Waals surface area contributed by atoms with E-state index in [2.05, 4.69) is 77.1 Å². The summed E-state index contributed by atoms with van der Waals surface area (Å²) in [6.45, 7) is -3.29. The molecule has 794 valence electrons. The highest BCUT2D eigenvalue weighted by molar-refractivity contribution is 9.10. The van der Waals surface area contributed by atoms with Crippen LogP contribution in [0.15, 0.2) is 124 Å². The zero-order valence-electron chi connectivity index (χ0n) is 75.7. The van der Waals surface area contributed by atoms with Crippen molar-refractivity contribution in [3.8, 4) is 11.1 Å². The first-order valence-electron chi connectivity index (χ1n) is 42.3. The predicted octanol–water partition coefficient (Wildman–Crippen LogP) is 20.2. The van der Waals surface area contributed by atoms with E-state index in [0.29, 0.717) is 22.7 Å². The molecule has 0 aliphatic heterocycles. The molecule has 25 nitrogen and oxygen atoms in total. The minimum Gasteiger partial charge on any atom is -0.423 e. The zero-order chi connectivity index (χ0) is 109. The maximum absolute atomic E-state index is 15.0. The highest BCUT2D eigenvalue weighted by atomic mass is 79.9. The summed E-state index contributed by atoms with van der Waals surface area (Å²) in [6.07, 6.45) is -17.2. The van der Waals surface area contributed by atoms with E-state index in [0.717, 1.165) is 79.2 Å². The average molecular weight is 2300 g/mol. The number of Topliss-reactive ketones (excluding diaryl/α,β-unsaturated/α-hetero) is 3. The van der Waals surface area contributed by atoms with Crippen LogP contribution in [-0.4, -0.2) is 154 Å². The first kappa shape index (κ1) is 119. The molecule has 6 aromatic heterocycles. The molecule has 11 aromatic rings. The number of carbonyl (C=O) groups excluding carboxylic acids is 5. The summed E-state index contributed by atoms with van der Waals surface area (Å²) in [7, 11) is 0.729. The Labute approximate surface area is 844 Å². The Morgan fingerprint density at radius 3 is 1.04 bits per heavy atom. The fourth-order valence-electron chi connectivity index (χ4n) is 16.1. The van der Waals surface area contributed by atoms with Gasteiger partial charge in [-0.3, -0.25) is 38.0 Å². The van der Waals surface area contributed by atoms with Gasteiger partial charge in [-0.2, -0.15) is 41.6 Å². The Hall–Kier alpha value is -11.8. The van der Waals surface area contributed by atoms with Gasteiger partial charge in [0.2, 0.25) is 26.9 Å². The number of alkyl halides is 20. The largest absolute Gasteiger partial charge is 0.488 e. The second-order valence-electron chi connectivity index (χ2n) is 33.6. The first-order valence-corrected chi connectivity index (χ1v) is 46.8. The minimum absolute atomic E-state index is 0. The van der Waals surface area contributed by atoms with Crippen LogP contribution >= 0.6 is 55.1 Å². The summed E-state index contributed by atoms with van der Waals surface area (Å²) in [6, 6.07) is 14.2. The van der Waals surface area contributed by atoms with E-state index in [1.54, 1.807) is 33.1 Å². The van der Waals surface area contributed by atoms with Crippen LogP contribution in [0.25, 0.3) is 11.1 Å². The van der Waals surface area contributed by atoms with Crippen LogP contribution in [0.5, 0.6) is 0 Å². The number of nitrogens with zero attached hydrogens (tertiary/aromatic N) is 14. The SMILES string of the molecule is C.CN(C)c1ncc(-c2ccc(F)c(C(N)=O)c2)c([C@@H](CC(=O)Cn2nc(C(F)F)c3c2C(F)(F)CCC3(F)F)Cc2cc(F)cc(F)c2)n1.CN(C)c1ncc(Br)c([C@@H](CC(=O)Cn2nc(C(F)F)c3c2C(F)(F)CCC3(F)F)Cc2cc(F)cc(F)c2)n1.CS(=O)(=O)c1ncc(Br)c([C@@H](CC(=O)Cn2nc(C(F)F)c3c2C(F)(F)CCC3(F)F)Cc2cc(F)cc(F)c2)n1.ClCCl.NC(=O)c1cc(B(O)O)ccc1F. The fraction of sp³-hybridized carbons (Fsp3) is 0.378. The number of carbonyl (C=O) groups is 5. The van der Waals surface area contributed by atoms with Crippen molar-refractivity contribution >= 4 is 119 Å². The molecule has 6 N–H and O–H groups in total. The predicted molar refractivity (Wildman–Crippen MR) is 485 cm³/mol. The van der Waals surface area contributed by atoms with Crippen LogP contribution in [-0.2, 0) is 98.7 Å². The number of hydrogen-bond donors (Lipinski definition) is 4. The molecule has 0 spiro atoms. The van der Waals surface area contributed by atoms with Crippen molar-refractivity contribution in [3.05, 3.63) is 261 Å². The number of anilines is 2. The Morgan fingerprint density at radius 1 is 0.435 bits per heavy atom. The number of primary amides is 2. The van der Waals surface area contributed by atoms with Crippen LogP contribution in [0.4, 0.5) is 126 Å². The lowest BCUT2D eigenvalue weighted by molar-refractivity contribution is -0.122. The summed E-state index contributed by atoms with van der Waals surface area (Å²) in [5.74, 6) is -39.1. The summed E-state index contributed by atoms with van der Waals surface area (Å²) in [4.78, 5) is 90.4. The van der Waals surface area contributed by atoms with Gasteiger partial charge in [-0.25, -0.2) is 126 Å². The molecule has 3 aliphatic carbocycles. The lowest BCUT2D eigenvalue weighted by Gasteiger charge is -2.29. The Bertz CT molecular complexity index is 6780. The van der Waals surface area contributed by atoms with E-state index in [4.69, 9.17) is 44.7 Å². The molecule has 0 unspecified atom stereocenters. The van der Waals surface area contributed by atoms with Crippen molar-refractivity contribution in [1.29, 1.82) is 0 Å². The molecule has 0 saturated carbocycles. The first-order chi connectivity index (χ1) is 67.8. The number of amides is 2. The second kappa shape index (κ2) is 47.8. The summed E-state index contributed by atoms with van der Waals surface area (Å²) in [5, 5.41) is 26.8. The molecule has 57 heteroatoms. The van der Waals surface area contributed by atoms with Crippen LogP contribution in [0.3, 0.4) is 0 Å². The standard InChI is InChI=1S/C32H27F9N6O2.C25H22BrF8N5O.C24H19BrF8N4O3S.C7H7BFNO3.CH2Cl2.CH4/c1-46(2)30-43-13-22(16-3-4-23(35)21(11-16)29(42)49)25(44-30)17(7-15-8-18(33)12-19(34)9-15)10-20(48)14-47-27-24(26(45-47)28(36)37)31(38,39)5-6-32(27,40)41;1-38(2)23-35-10-17(26)19(36-23)13(5-12-6-14(27)9-15(28)7-12)8-16(40)11-39-21-18(20(37-39)22(29)30)24(31,32)3-4-25(21,33)34;1-41(39,40)22-34-9-16(25)18(35-22)12(4-11-5-13(26)8-14(27)6-11)7-15(38)10-37-20-17(19(36-37)21(28)29)23(30,31)2-3-24(20,32)33;9-6-2-1-4(8(12)13)3-5(6)7(10)11;2-1-3;/h3-4,8-9,11-13,17,28H,5-7,10,14H2,1-2H3,(H2,42,49);6-7,9-10,13,22H,3-5,8,11H2,1-2H3;5-6,8-9,12,21H,2-4,7,10H2,1H3;1-3,12-13H,(H2,10,11);1H2;1H4/t17-;13-;12-;;;/m111.../s1. The highest BCUT2D eigenvalue weighted by Gasteiger charge is 2.58. The normalized spacial score (nSPS) is 15.4. The van der Waals surface area contributed by atoms with Crippen LogP contribution < -0.4 is 26.7 Å². The fourth-order valence-corrected chi connectivity index (χ4v) is 17.6. The molecule has 3 aliphatic rings. The maximum atomic E-state index is 15.0. The number of ketones is 3. The van der Waals surface area contributed by atoms with E-state index in [-0.39, 0.29) is 118 Å². The van der Waals surface area contributed by atoms with Crippen molar-refractivity contribution in [2.24, 2.45) is 11.5 Å². The molecule has 0 radical (unpaired) electrons. The molecule has 3 atom stereocenters. The molecular formula is C90H81BBr2Cl2F26N16O9S. The van der Waals surface area contributed by atoms with E-state index in [1.165, 1.54) is 23.4 Å². The molecule has 14 rings (SSSR count). The molecule has 2 amide bonds. The van der Waals surface area contributed by atoms with Gasteiger partial charge in [-0.15, -0.1) is 23.2 Å². The lowest BCUT2D eigenvalue weighted by Crippen LogP contribution is -2.33. The van der Waals surface area contributed by atoms with E-state index < -0.39 is 304 Å². The second-order valence-corrected chi connectivity index (χ2v) is 38.1. The van der Waals surface area contributed by atoms with Crippen LogP contribution in [0.2, 0.25) is 0 Å². The van der Waals surface area contributed by atoms with Gasteiger partial charge in [0.05, 0.1) is 59.2 Å². The number of sulfone groups is 1. The van der Waals surface area contributed by atoms with Gasteiger partial charge in [0, 0.05) is 152 Å². The zero-order valence-corrected chi connectivity index (χ0v) is 81.2. The van der Waals surface area contributed by atoms with Gasteiger partial charge in [0.1, 0.15) is 100 Å². The third-order valence-electron chi connectivity index (χ3n) is 22.3. The van der Waals surface area contributed by atoms with Crippen molar-refractivity contribution in [1.82, 2.24) is 59.2 Å². The highest BCUT2D eigenvalue weighted by Crippen LogP contribution is 2.56. The van der Waals surface area contributed by atoms with E-state index in [1.807, 2.05) is 0 Å². The number of hydrogen-bond acceptors (Lipinski definition) is 20. The van der Waals surface area contributed by atoms with Crippen molar-refractivity contribution in [2.45, 2.75) is 182 Å². The van der Waals surface area contributed by atoms with E-state index >= 15 is 0 Å². The summed E-state index contributed by atoms with van der Waals surface area (Å²) >= 11 is 15.9. The number of fused-ring (bicyclic) bond motifs is 3. The minimum atomic E-state index is -4.06. The molecule has 6 heterocycles. The summed E-state index contributed by atoms with van der Waals surface area (Å²) < 4.78 is 394. The molecular weight excluding hydrogens is 2220 g/mol. The molecule has 147 heavy (non-hydrogen) atoms. The Morgan fingerprint density at radius 2 is 0.728 bits per heavy atom. The van der Waals surface area contributed by atoms with Crippen LogP contribution in [0.1, 0.15) is 208 Å². The number of benzene rings is 5. The molecule has 0 saturated heterocycles. The van der Waals surface area contributed by atoms with E-state index in [9.17, 15) is 147 Å². The van der Waals surface area contributed by atoms with Gasteiger partial charge in [-0.05, 0) is 140 Å². The Balaban J connectivity index is 0.000000228. The van der Waals surface area contributed by atoms with Crippen molar-refractivity contribution < 1.29 is 157 Å². The summed E-state index contributed by atoms with van der Waals surface area (Å²) in [5.41, 5.74) is -3.99. The number of aromatic nitrogens is 12. The topological polar surface area (TPSA) is 349 Å². The smallest absolute Gasteiger partial charge is 0.423 e. The van der Waals surface area contributed by atoms with Gasteiger partial charge in [-0.1, -0.05) is 19.6 Å². The third-order valence-corrected chi connectivity index (χ3v) is 24.4. The molecule has 0 fully saturated rings. The van der Waals surface area contributed by atoms with Crippen LogP contribution in [0, 0.1) is 46.5 Å². The van der Waals surface area contributed by atoms with Gasteiger partial charge < -0.3 is 31.3 Å². The van der Waals surface area contributed by atoms with Crippen molar-refractivity contribution in [2.75, 3.05) is 49.6 Å². The monoisotopic (exact) mass is 2290 g/mol. The quantitative estimate of drug-likeness (QED) is 0.0136. The molecule has 5 aromatic carbocycles. The van der Waals surface area contributed by atoms with Gasteiger partial charge in [0.25, 0.3) is 66.6 Å². The number of nitrogens with two attached hydrogens (primary N) is 2. The number of rotatable bonds is 31. The maximum Gasteiger partial charge on any atom is 0.488 e. The third kappa shape index (κ3) is 29.0. The average Bonchev–Trinajstić information content (AvgIpc) is 1.59. The Kier molecular flexibility index (Phi) is 38.6. The van der Waals surface area contributed by atoms with Gasteiger partial charge >= 0.3 is 7.12 Å². The molecule has 0 bridgehead atoms. The van der Waals surface area contributed by atoms with Crippen molar-refractivity contribution in [3.63, 3.8) is 0 Å². The van der Waals surface area contributed by atoms with Gasteiger partial charge in [0.15, 0.2) is 17.3 Å². The number of halogens is 30.